The van der Waals surface area contributed by atoms with Crippen LogP contribution in [0.1, 0.15) is 26.3 Å². The minimum absolute atomic E-state index is 0.158. The Kier molecular flexibility index (Phi) is 2.93. The normalized spacial score (nSPS) is 11.5. The van der Waals surface area contributed by atoms with Gasteiger partial charge >= 0.3 is 0 Å². The maximum Gasteiger partial charge on any atom is 0.120 e. The second-order valence-corrected chi connectivity index (χ2v) is 5.19. The summed E-state index contributed by atoms with van der Waals surface area (Å²) >= 11 is 0. The van der Waals surface area contributed by atoms with Crippen molar-refractivity contribution < 1.29 is 4.74 Å². The first-order chi connectivity index (χ1) is 7.98. The standard InChI is InChI=1S/C16H18O/c1-5-12-6-7-14-11-15(17-16(2,3)4)9-8-13(14)10-12/h5-11H,1H2,2-4H3. The number of ether oxygens (including phenoxy) is 1. The van der Waals surface area contributed by atoms with Crippen molar-refractivity contribution in [1.82, 2.24) is 0 Å². The third-order valence-corrected chi connectivity index (χ3v) is 2.50. The molecule has 0 unspecified atom stereocenters. The molecule has 0 saturated heterocycles. The van der Waals surface area contributed by atoms with Gasteiger partial charge in [-0.2, -0.15) is 0 Å². The Morgan fingerprint density at radius 3 is 2.29 bits per heavy atom. The molecule has 2 rings (SSSR count). The Labute approximate surface area is 103 Å². The predicted octanol–water partition coefficient (Wildman–Crippen LogP) is 4.66. The highest BCUT2D eigenvalue weighted by Gasteiger charge is 2.11. The fraction of sp³-hybridized carbons (Fsp3) is 0.250. The zero-order valence-electron chi connectivity index (χ0n) is 10.7. The van der Waals surface area contributed by atoms with Gasteiger partial charge in [0.15, 0.2) is 0 Å². The fourth-order valence-corrected chi connectivity index (χ4v) is 1.79. The van der Waals surface area contributed by atoms with E-state index in [2.05, 4.69) is 57.7 Å². The van der Waals surface area contributed by atoms with E-state index in [4.69, 9.17) is 4.74 Å². The van der Waals surface area contributed by atoms with Gasteiger partial charge in [0, 0.05) is 0 Å². The topological polar surface area (TPSA) is 9.23 Å². The quantitative estimate of drug-likeness (QED) is 0.723. The molecule has 0 radical (unpaired) electrons. The van der Waals surface area contributed by atoms with Crippen LogP contribution in [0.4, 0.5) is 0 Å². The Morgan fingerprint density at radius 2 is 1.65 bits per heavy atom. The van der Waals surface area contributed by atoms with Crippen LogP contribution in [0.15, 0.2) is 43.0 Å². The first-order valence-electron chi connectivity index (χ1n) is 5.83. The Bertz CT molecular complexity index is 547. The van der Waals surface area contributed by atoms with Crippen LogP contribution < -0.4 is 4.74 Å². The Balaban J connectivity index is 2.41. The van der Waals surface area contributed by atoms with E-state index in [1.807, 2.05) is 12.1 Å². The molecule has 2 aromatic rings. The average molecular weight is 226 g/mol. The molecule has 0 heterocycles. The maximum absolute atomic E-state index is 5.85. The molecule has 17 heavy (non-hydrogen) atoms. The van der Waals surface area contributed by atoms with Crippen LogP contribution in [-0.2, 0) is 0 Å². The summed E-state index contributed by atoms with van der Waals surface area (Å²) in [5.41, 5.74) is 0.983. The maximum atomic E-state index is 5.85. The third kappa shape index (κ3) is 2.88. The number of rotatable bonds is 2. The highest BCUT2D eigenvalue weighted by Crippen LogP contribution is 2.25. The van der Waals surface area contributed by atoms with Crippen LogP contribution in [0, 0.1) is 0 Å². The van der Waals surface area contributed by atoms with E-state index in [9.17, 15) is 0 Å². The molecule has 0 N–H and O–H groups in total. The van der Waals surface area contributed by atoms with Crippen LogP contribution in [0.25, 0.3) is 16.8 Å². The molecule has 0 aliphatic heterocycles. The van der Waals surface area contributed by atoms with Gasteiger partial charge in [-0.25, -0.2) is 0 Å². The molecule has 0 saturated carbocycles. The van der Waals surface area contributed by atoms with Crippen LogP contribution in [0.5, 0.6) is 5.75 Å². The van der Waals surface area contributed by atoms with Gasteiger partial charge < -0.3 is 4.74 Å². The van der Waals surface area contributed by atoms with Gasteiger partial charge in [0.25, 0.3) is 0 Å². The minimum Gasteiger partial charge on any atom is -0.488 e. The molecule has 0 amide bonds. The lowest BCUT2D eigenvalue weighted by atomic mass is 10.1. The average Bonchev–Trinajstić information content (AvgIpc) is 2.26. The van der Waals surface area contributed by atoms with Crippen molar-refractivity contribution in [3.05, 3.63) is 48.5 Å². The van der Waals surface area contributed by atoms with Gasteiger partial charge in [0.2, 0.25) is 0 Å². The van der Waals surface area contributed by atoms with Crippen LogP contribution >= 0.6 is 0 Å². The van der Waals surface area contributed by atoms with Gasteiger partial charge in [-0.15, -0.1) is 0 Å². The molecule has 0 aromatic heterocycles. The summed E-state index contributed by atoms with van der Waals surface area (Å²) in [7, 11) is 0. The smallest absolute Gasteiger partial charge is 0.120 e. The van der Waals surface area contributed by atoms with Gasteiger partial charge in [0.05, 0.1) is 0 Å². The molecule has 0 spiro atoms. The summed E-state index contributed by atoms with van der Waals surface area (Å²) in [6.07, 6.45) is 1.86. The van der Waals surface area contributed by atoms with Crippen molar-refractivity contribution in [3.8, 4) is 5.75 Å². The van der Waals surface area contributed by atoms with Gasteiger partial charge in [-0.1, -0.05) is 30.9 Å². The molecular formula is C16H18O. The van der Waals surface area contributed by atoms with Crippen molar-refractivity contribution in [2.75, 3.05) is 0 Å². The van der Waals surface area contributed by atoms with Gasteiger partial charge in [-0.05, 0) is 55.3 Å². The summed E-state index contributed by atoms with van der Waals surface area (Å²) in [5, 5.41) is 2.40. The number of fused-ring (bicyclic) bond motifs is 1. The van der Waals surface area contributed by atoms with Crippen LogP contribution in [-0.4, -0.2) is 5.60 Å². The highest BCUT2D eigenvalue weighted by molar-refractivity contribution is 5.85. The first kappa shape index (κ1) is 11.7. The molecule has 0 aliphatic carbocycles. The van der Waals surface area contributed by atoms with E-state index >= 15 is 0 Å². The van der Waals surface area contributed by atoms with E-state index < -0.39 is 0 Å². The molecule has 0 fully saturated rings. The third-order valence-electron chi connectivity index (χ3n) is 2.50. The highest BCUT2D eigenvalue weighted by atomic mass is 16.5. The summed E-state index contributed by atoms with van der Waals surface area (Å²) in [6.45, 7) is 9.94. The zero-order chi connectivity index (χ0) is 12.5. The van der Waals surface area contributed by atoms with Gasteiger partial charge in [0.1, 0.15) is 11.4 Å². The van der Waals surface area contributed by atoms with Crippen molar-refractivity contribution in [3.63, 3.8) is 0 Å². The van der Waals surface area contributed by atoms with Gasteiger partial charge in [-0.3, -0.25) is 0 Å². The molecular weight excluding hydrogens is 208 g/mol. The summed E-state index contributed by atoms with van der Waals surface area (Å²) in [6, 6.07) is 12.5. The molecule has 1 nitrogen and oxygen atoms in total. The van der Waals surface area contributed by atoms with Crippen molar-refractivity contribution >= 4 is 16.8 Å². The van der Waals surface area contributed by atoms with E-state index in [0.717, 1.165) is 11.3 Å². The molecule has 88 valence electrons. The molecule has 2 aromatic carbocycles. The van der Waals surface area contributed by atoms with E-state index in [1.165, 1.54) is 10.8 Å². The summed E-state index contributed by atoms with van der Waals surface area (Å²) in [4.78, 5) is 0. The first-order valence-corrected chi connectivity index (χ1v) is 5.83. The Morgan fingerprint density at radius 1 is 1.00 bits per heavy atom. The lowest BCUT2D eigenvalue weighted by Gasteiger charge is -2.21. The molecule has 0 aliphatic rings. The summed E-state index contributed by atoms with van der Waals surface area (Å²) in [5.74, 6) is 0.913. The lowest BCUT2D eigenvalue weighted by Crippen LogP contribution is -2.22. The predicted molar refractivity (Wildman–Crippen MR) is 74.4 cm³/mol. The van der Waals surface area contributed by atoms with E-state index in [1.54, 1.807) is 0 Å². The lowest BCUT2D eigenvalue weighted by molar-refractivity contribution is 0.131. The van der Waals surface area contributed by atoms with Crippen LogP contribution in [0.3, 0.4) is 0 Å². The second kappa shape index (κ2) is 4.25. The molecule has 0 atom stereocenters. The Hall–Kier alpha value is -1.76. The fourth-order valence-electron chi connectivity index (χ4n) is 1.79. The molecule has 0 bridgehead atoms. The second-order valence-electron chi connectivity index (χ2n) is 5.19. The number of hydrogen-bond donors (Lipinski definition) is 0. The zero-order valence-corrected chi connectivity index (χ0v) is 10.7. The van der Waals surface area contributed by atoms with Crippen LogP contribution in [0.2, 0.25) is 0 Å². The minimum atomic E-state index is -0.158. The SMILES string of the molecule is C=Cc1ccc2cc(OC(C)(C)C)ccc2c1. The summed E-state index contributed by atoms with van der Waals surface area (Å²) < 4.78 is 5.85. The van der Waals surface area contributed by atoms with E-state index in [0.29, 0.717) is 0 Å². The molecule has 1 heteroatoms. The van der Waals surface area contributed by atoms with Crippen molar-refractivity contribution in [1.29, 1.82) is 0 Å². The largest absolute Gasteiger partial charge is 0.488 e. The number of hydrogen-bond acceptors (Lipinski definition) is 1. The van der Waals surface area contributed by atoms with Crippen molar-refractivity contribution in [2.45, 2.75) is 26.4 Å². The monoisotopic (exact) mass is 226 g/mol. The van der Waals surface area contributed by atoms with Crippen molar-refractivity contribution in [2.24, 2.45) is 0 Å². The van der Waals surface area contributed by atoms with E-state index in [-0.39, 0.29) is 5.60 Å². The number of benzene rings is 2.